The third kappa shape index (κ3) is 3.75. The van der Waals surface area contributed by atoms with Crippen LogP contribution < -0.4 is 5.32 Å². The summed E-state index contributed by atoms with van der Waals surface area (Å²) in [6, 6.07) is 4.57. The summed E-state index contributed by atoms with van der Waals surface area (Å²) in [5.41, 5.74) is 0.754. The highest BCUT2D eigenvalue weighted by atomic mass is 16.6. The summed E-state index contributed by atoms with van der Waals surface area (Å²) < 4.78 is 4.79. The van der Waals surface area contributed by atoms with Crippen LogP contribution in [0.5, 0.6) is 0 Å². The summed E-state index contributed by atoms with van der Waals surface area (Å²) in [7, 11) is 0. The van der Waals surface area contributed by atoms with E-state index in [0.29, 0.717) is 6.42 Å². The van der Waals surface area contributed by atoms with Crippen molar-refractivity contribution in [1.82, 2.24) is 0 Å². The Morgan fingerprint density at radius 3 is 2.82 bits per heavy atom. The summed E-state index contributed by atoms with van der Waals surface area (Å²) in [5, 5.41) is 13.1. The molecule has 0 fully saturated rings. The van der Waals surface area contributed by atoms with Gasteiger partial charge in [0.15, 0.2) is 0 Å². The van der Waals surface area contributed by atoms with E-state index in [0.717, 1.165) is 5.56 Å². The van der Waals surface area contributed by atoms with Gasteiger partial charge in [0.1, 0.15) is 5.69 Å². The molecule has 0 atom stereocenters. The molecule has 6 heteroatoms. The molecule has 1 N–H and O–H groups in total. The van der Waals surface area contributed by atoms with Crippen LogP contribution in [0, 0.1) is 17.0 Å². The van der Waals surface area contributed by atoms with Crippen LogP contribution in [0.1, 0.15) is 18.9 Å². The fourth-order valence-electron chi connectivity index (χ4n) is 1.24. The Hall–Kier alpha value is -2.11. The van der Waals surface area contributed by atoms with Gasteiger partial charge in [-0.15, -0.1) is 0 Å². The lowest BCUT2D eigenvalue weighted by atomic mass is 10.2. The Balaban J connectivity index is 2.83. The monoisotopic (exact) mass is 238 g/mol. The molecule has 0 radical (unpaired) electrons. The number of hydrogen-bond donors (Lipinski definition) is 1. The summed E-state index contributed by atoms with van der Waals surface area (Å²) in [4.78, 5) is 21.5. The largest absolute Gasteiger partial charge is 0.449 e. The minimum Gasteiger partial charge on any atom is -0.449 e. The predicted octanol–water partition coefficient (Wildman–Crippen LogP) is 2.86. The van der Waals surface area contributed by atoms with Crippen LogP contribution in [0.15, 0.2) is 18.2 Å². The molecule has 0 bridgehead atoms. The number of nitrogens with zero attached hydrogens (tertiary/aromatic N) is 1. The van der Waals surface area contributed by atoms with Gasteiger partial charge in [0.05, 0.1) is 11.5 Å². The average Bonchev–Trinajstić information content (AvgIpc) is 2.28. The Labute approximate surface area is 98.7 Å². The molecule has 1 amide bonds. The smallest absolute Gasteiger partial charge is 0.411 e. The van der Waals surface area contributed by atoms with Crippen LogP contribution in [0.25, 0.3) is 0 Å². The molecule has 0 heterocycles. The SMILES string of the molecule is CCCOC(=O)Nc1ccc(C)cc1[N+](=O)[O-]. The first-order valence-corrected chi connectivity index (χ1v) is 5.23. The summed E-state index contributed by atoms with van der Waals surface area (Å²) in [5.74, 6) is 0. The Kier molecular flexibility index (Phi) is 4.45. The molecule has 1 aromatic carbocycles. The number of benzene rings is 1. The van der Waals surface area contributed by atoms with Crippen LogP contribution in [-0.4, -0.2) is 17.6 Å². The van der Waals surface area contributed by atoms with Crippen molar-refractivity contribution in [2.24, 2.45) is 0 Å². The van der Waals surface area contributed by atoms with Crippen molar-refractivity contribution < 1.29 is 14.5 Å². The van der Waals surface area contributed by atoms with Gasteiger partial charge in [-0.25, -0.2) is 4.79 Å². The molecule has 0 aliphatic rings. The third-order valence-corrected chi connectivity index (χ3v) is 2.02. The molecule has 1 rings (SSSR count). The number of rotatable bonds is 4. The van der Waals surface area contributed by atoms with Crippen LogP contribution in [0.2, 0.25) is 0 Å². The molecule has 92 valence electrons. The molecule has 0 saturated carbocycles. The number of nitro benzene ring substituents is 1. The number of nitrogens with one attached hydrogen (secondary N) is 1. The normalized spacial score (nSPS) is 9.76. The van der Waals surface area contributed by atoms with E-state index in [9.17, 15) is 14.9 Å². The maximum atomic E-state index is 11.3. The van der Waals surface area contributed by atoms with E-state index >= 15 is 0 Å². The van der Waals surface area contributed by atoms with Crippen molar-refractivity contribution in [1.29, 1.82) is 0 Å². The standard InChI is InChI=1S/C11H14N2O4/c1-3-6-17-11(14)12-9-5-4-8(2)7-10(9)13(15)16/h4-5,7H,3,6H2,1-2H3,(H,12,14). The lowest BCUT2D eigenvalue weighted by Gasteiger charge is -2.06. The molecule has 1 aromatic rings. The predicted molar refractivity (Wildman–Crippen MR) is 63.1 cm³/mol. The minimum atomic E-state index is -0.682. The number of hydrogen-bond acceptors (Lipinski definition) is 4. The Morgan fingerprint density at radius 2 is 2.24 bits per heavy atom. The van der Waals surface area contributed by atoms with Gasteiger partial charge in [-0.3, -0.25) is 15.4 Å². The maximum absolute atomic E-state index is 11.3. The highest BCUT2D eigenvalue weighted by Gasteiger charge is 2.16. The Bertz CT molecular complexity index is 431. The van der Waals surface area contributed by atoms with Gasteiger partial charge >= 0.3 is 6.09 Å². The number of amides is 1. The average molecular weight is 238 g/mol. The van der Waals surface area contributed by atoms with Gasteiger partial charge < -0.3 is 4.74 Å². The number of nitro groups is 1. The fraction of sp³-hybridized carbons (Fsp3) is 0.364. The van der Waals surface area contributed by atoms with E-state index < -0.39 is 11.0 Å². The highest BCUT2D eigenvalue weighted by Crippen LogP contribution is 2.25. The summed E-state index contributed by atoms with van der Waals surface area (Å²) >= 11 is 0. The first-order chi connectivity index (χ1) is 8.04. The van der Waals surface area contributed by atoms with E-state index in [2.05, 4.69) is 5.32 Å². The molecule has 6 nitrogen and oxygen atoms in total. The molecule has 0 saturated heterocycles. The molecular weight excluding hydrogens is 224 g/mol. The second-order valence-electron chi connectivity index (χ2n) is 3.54. The molecule has 17 heavy (non-hydrogen) atoms. The lowest BCUT2D eigenvalue weighted by molar-refractivity contribution is -0.384. The van der Waals surface area contributed by atoms with Crippen molar-refractivity contribution in [2.45, 2.75) is 20.3 Å². The van der Waals surface area contributed by atoms with E-state index in [1.54, 1.807) is 13.0 Å². The van der Waals surface area contributed by atoms with Gasteiger partial charge in [-0.1, -0.05) is 13.0 Å². The van der Waals surface area contributed by atoms with Crippen molar-refractivity contribution >= 4 is 17.5 Å². The second kappa shape index (κ2) is 5.83. The van der Waals surface area contributed by atoms with Gasteiger partial charge in [-0.2, -0.15) is 0 Å². The van der Waals surface area contributed by atoms with Crippen LogP contribution in [0.4, 0.5) is 16.2 Å². The summed E-state index contributed by atoms with van der Waals surface area (Å²) in [6.45, 7) is 3.89. The van der Waals surface area contributed by atoms with Crippen molar-refractivity contribution in [3.63, 3.8) is 0 Å². The van der Waals surface area contributed by atoms with E-state index in [-0.39, 0.29) is 18.0 Å². The first-order valence-electron chi connectivity index (χ1n) is 5.23. The van der Waals surface area contributed by atoms with Gasteiger partial charge in [0, 0.05) is 6.07 Å². The fourth-order valence-corrected chi connectivity index (χ4v) is 1.24. The molecule has 0 aromatic heterocycles. The van der Waals surface area contributed by atoms with Crippen LogP contribution >= 0.6 is 0 Å². The number of anilines is 1. The summed E-state index contributed by atoms with van der Waals surface area (Å²) in [6.07, 6.45) is 0.0162. The highest BCUT2D eigenvalue weighted by molar-refractivity contribution is 5.87. The zero-order valence-electron chi connectivity index (χ0n) is 9.73. The minimum absolute atomic E-state index is 0.140. The topological polar surface area (TPSA) is 81.5 Å². The lowest BCUT2D eigenvalue weighted by Crippen LogP contribution is -2.15. The molecule has 0 aliphatic heterocycles. The molecule has 0 aliphatic carbocycles. The van der Waals surface area contributed by atoms with Gasteiger partial charge in [0.2, 0.25) is 0 Å². The quantitative estimate of drug-likeness (QED) is 0.645. The van der Waals surface area contributed by atoms with E-state index in [1.807, 2.05) is 6.92 Å². The number of ether oxygens (including phenoxy) is 1. The van der Waals surface area contributed by atoms with E-state index in [1.165, 1.54) is 12.1 Å². The second-order valence-corrected chi connectivity index (χ2v) is 3.54. The molecule has 0 unspecified atom stereocenters. The van der Waals surface area contributed by atoms with Gasteiger partial charge in [0.25, 0.3) is 5.69 Å². The van der Waals surface area contributed by atoms with Gasteiger partial charge in [-0.05, 0) is 25.0 Å². The number of aryl methyl sites for hydroxylation is 1. The van der Waals surface area contributed by atoms with E-state index in [4.69, 9.17) is 4.74 Å². The van der Waals surface area contributed by atoms with Crippen molar-refractivity contribution in [3.8, 4) is 0 Å². The maximum Gasteiger partial charge on any atom is 0.411 e. The molecule has 0 spiro atoms. The first kappa shape index (κ1) is 13.0. The molecular formula is C11H14N2O4. The van der Waals surface area contributed by atoms with Crippen molar-refractivity contribution in [2.75, 3.05) is 11.9 Å². The zero-order valence-corrected chi connectivity index (χ0v) is 9.73. The number of carbonyl (C=O) groups is 1. The van der Waals surface area contributed by atoms with Crippen molar-refractivity contribution in [3.05, 3.63) is 33.9 Å². The Morgan fingerprint density at radius 1 is 1.53 bits per heavy atom. The van der Waals surface area contributed by atoms with Crippen LogP contribution in [0.3, 0.4) is 0 Å². The zero-order chi connectivity index (χ0) is 12.8. The number of carbonyl (C=O) groups excluding carboxylic acids is 1. The third-order valence-electron chi connectivity index (χ3n) is 2.02. The van der Waals surface area contributed by atoms with Crippen LogP contribution in [-0.2, 0) is 4.74 Å².